The van der Waals surface area contributed by atoms with Crippen LogP contribution in [0, 0.1) is 0 Å². The normalized spacial score (nSPS) is 21.0. The van der Waals surface area contributed by atoms with E-state index in [0.717, 1.165) is 0 Å². The summed E-state index contributed by atoms with van der Waals surface area (Å²) in [7, 11) is 0. The molecule has 1 saturated heterocycles. The Bertz CT molecular complexity index is 1040. The lowest BCUT2D eigenvalue weighted by atomic mass is 10.00. The molecular weight excluding hydrogens is 392 g/mol. The Morgan fingerprint density at radius 1 is 1.21 bits per heavy atom. The molecule has 4 rings (SSSR count). The lowest BCUT2D eigenvalue weighted by Gasteiger charge is -2.24. The zero-order valence-electron chi connectivity index (χ0n) is 15.4. The van der Waals surface area contributed by atoms with Crippen LogP contribution in [0.1, 0.15) is 13.3 Å². The number of hydrogen-bond acceptors (Lipinski definition) is 5. The van der Waals surface area contributed by atoms with E-state index in [0.29, 0.717) is 23.7 Å². The van der Waals surface area contributed by atoms with Crippen LogP contribution in [0.15, 0.2) is 42.6 Å². The first-order chi connectivity index (χ1) is 13.7. The first kappa shape index (κ1) is 19.4. The SMILES string of the molecule is CC(O)C1(F)CCN(c2ccc3ncc(-c4ccccc4OC(F)(F)F)n3n2)C1. The van der Waals surface area contributed by atoms with Gasteiger partial charge in [-0.1, -0.05) is 12.1 Å². The van der Waals surface area contributed by atoms with Crippen molar-refractivity contribution in [2.75, 3.05) is 18.0 Å². The number of para-hydroxylation sites is 1. The number of rotatable bonds is 4. The van der Waals surface area contributed by atoms with Crippen LogP contribution in [-0.2, 0) is 0 Å². The first-order valence-corrected chi connectivity index (χ1v) is 8.98. The topological polar surface area (TPSA) is 62.9 Å². The molecule has 1 N–H and O–H groups in total. The molecule has 1 aliphatic heterocycles. The van der Waals surface area contributed by atoms with E-state index >= 15 is 0 Å². The summed E-state index contributed by atoms with van der Waals surface area (Å²) in [4.78, 5) is 5.88. The molecule has 3 heterocycles. The second-order valence-corrected chi connectivity index (χ2v) is 7.03. The van der Waals surface area contributed by atoms with E-state index in [9.17, 15) is 22.7 Å². The largest absolute Gasteiger partial charge is 0.573 e. The lowest BCUT2D eigenvalue weighted by molar-refractivity contribution is -0.274. The number of halogens is 4. The van der Waals surface area contributed by atoms with E-state index in [4.69, 9.17) is 0 Å². The van der Waals surface area contributed by atoms with Gasteiger partial charge in [0.2, 0.25) is 0 Å². The number of anilines is 1. The van der Waals surface area contributed by atoms with Crippen LogP contribution in [0.3, 0.4) is 0 Å². The van der Waals surface area contributed by atoms with Crippen molar-refractivity contribution in [1.82, 2.24) is 14.6 Å². The molecule has 2 unspecified atom stereocenters. The summed E-state index contributed by atoms with van der Waals surface area (Å²) in [6.07, 6.45) is -4.39. The zero-order chi connectivity index (χ0) is 20.8. The quantitative estimate of drug-likeness (QED) is 0.666. The molecule has 0 aliphatic carbocycles. The van der Waals surface area contributed by atoms with Crippen molar-refractivity contribution >= 4 is 11.5 Å². The van der Waals surface area contributed by atoms with Gasteiger partial charge in [-0.15, -0.1) is 18.3 Å². The molecule has 0 spiro atoms. The third-order valence-electron chi connectivity index (χ3n) is 5.06. The Morgan fingerprint density at radius 3 is 2.66 bits per heavy atom. The number of nitrogens with zero attached hydrogens (tertiary/aromatic N) is 4. The Hall–Kier alpha value is -2.88. The summed E-state index contributed by atoms with van der Waals surface area (Å²) in [5.74, 6) is 0.0678. The molecule has 1 fully saturated rings. The van der Waals surface area contributed by atoms with Crippen LogP contribution in [0.4, 0.5) is 23.4 Å². The summed E-state index contributed by atoms with van der Waals surface area (Å²) in [5, 5.41) is 14.1. The Morgan fingerprint density at radius 2 is 1.97 bits per heavy atom. The third-order valence-corrected chi connectivity index (χ3v) is 5.06. The minimum atomic E-state index is -4.84. The Labute approximate surface area is 163 Å². The van der Waals surface area contributed by atoms with Crippen LogP contribution >= 0.6 is 0 Å². The first-order valence-electron chi connectivity index (χ1n) is 8.98. The summed E-state index contributed by atoms with van der Waals surface area (Å²) in [5.41, 5.74) is -0.830. The molecule has 2 aromatic heterocycles. The van der Waals surface area contributed by atoms with Crippen molar-refractivity contribution in [2.24, 2.45) is 0 Å². The fourth-order valence-corrected chi connectivity index (χ4v) is 3.44. The molecule has 2 atom stereocenters. The molecule has 0 amide bonds. The predicted molar refractivity (Wildman–Crippen MR) is 97.5 cm³/mol. The molecule has 0 saturated carbocycles. The number of aliphatic hydroxyl groups excluding tert-OH is 1. The third kappa shape index (κ3) is 3.71. The summed E-state index contributed by atoms with van der Waals surface area (Å²) in [6, 6.07) is 9.04. The minimum Gasteiger partial charge on any atom is -0.405 e. The monoisotopic (exact) mass is 410 g/mol. The maximum atomic E-state index is 14.7. The molecule has 3 aromatic rings. The second kappa shape index (κ2) is 6.87. The van der Waals surface area contributed by atoms with Crippen LogP contribution in [0.2, 0.25) is 0 Å². The van der Waals surface area contributed by atoms with E-state index in [1.165, 1.54) is 35.8 Å². The minimum absolute atomic E-state index is 0.0268. The number of imidazole rings is 1. The van der Waals surface area contributed by atoms with Gasteiger partial charge in [0.05, 0.1) is 24.5 Å². The van der Waals surface area contributed by atoms with Gasteiger partial charge in [0.15, 0.2) is 11.3 Å². The van der Waals surface area contributed by atoms with Gasteiger partial charge in [0, 0.05) is 18.5 Å². The van der Waals surface area contributed by atoms with Crippen LogP contribution in [-0.4, -0.2) is 50.9 Å². The van der Waals surface area contributed by atoms with Gasteiger partial charge in [0.1, 0.15) is 11.6 Å². The molecule has 1 aromatic carbocycles. The summed E-state index contributed by atoms with van der Waals surface area (Å²) >= 11 is 0. The van der Waals surface area contributed by atoms with Crippen molar-refractivity contribution < 1.29 is 27.4 Å². The number of alkyl halides is 4. The Kier molecular flexibility index (Phi) is 4.60. The highest BCUT2D eigenvalue weighted by molar-refractivity contribution is 5.70. The van der Waals surface area contributed by atoms with Gasteiger partial charge in [-0.3, -0.25) is 0 Å². The molecule has 29 heavy (non-hydrogen) atoms. The molecule has 154 valence electrons. The maximum Gasteiger partial charge on any atom is 0.573 e. The molecule has 0 bridgehead atoms. The average Bonchev–Trinajstić information content (AvgIpc) is 3.25. The van der Waals surface area contributed by atoms with Crippen LogP contribution in [0.5, 0.6) is 5.75 Å². The van der Waals surface area contributed by atoms with Crippen molar-refractivity contribution in [3.8, 4) is 17.0 Å². The second-order valence-electron chi connectivity index (χ2n) is 7.03. The van der Waals surface area contributed by atoms with Crippen molar-refractivity contribution in [3.05, 3.63) is 42.6 Å². The van der Waals surface area contributed by atoms with Gasteiger partial charge in [-0.2, -0.15) is 0 Å². The molecule has 1 aliphatic rings. The fraction of sp³-hybridized carbons (Fsp3) is 0.368. The number of ether oxygens (including phenoxy) is 1. The number of aromatic nitrogens is 3. The van der Waals surface area contributed by atoms with Gasteiger partial charge in [0.25, 0.3) is 0 Å². The maximum absolute atomic E-state index is 14.7. The van der Waals surface area contributed by atoms with E-state index in [1.807, 2.05) is 0 Å². The van der Waals surface area contributed by atoms with E-state index in [2.05, 4.69) is 14.8 Å². The van der Waals surface area contributed by atoms with E-state index in [-0.39, 0.29) is 24.3 Å². The standard InChI is InChI=1S/C19H18F4N4O2/c1-12(28)18(20)8-9-26(11-18)17-7-6-16-24-10-14(27(16)25-17)13-4-2-3-5-15(13)29-19(21,22)23/h2-7,10,12,28H,8-9,11H2,1H3. The van der Waals surface area contributed by atoms with Crippen LogP contribution < -0.4 is 9.64 Å². The fourth-order valence-electron chi connectivity index (χ4n) is 3.44. The number of hydrogen-bond donors (Lipinski definition) is 1. The smallest absolute Gasteiger partial charge is 0.405 e. The van der Waals surface area contributed by atoms with E-state index in [1.54, 1.807) is 23.1 Å². The zero-order valence-corrected chi connectivity index (χ0v) is 15.4. The van der Waals surface area contributed by atoms with Gasteiger partial charge in [-0.05, 0) is 31.2 Å². The number of fused-ring (bicyclic) bond motifs is 1. The molecular formula is C19H18F4N4O2. The molecule has 10 heteroatoms. The predicted octanol–water partition coefficient (Wildman–Crippen LogP) is 3.59. The molecule has 6 nitrogen and oxygen atoms in total. The number of benzene rings is 1. The van der Waals surface area contributed by atoms with Gasteiger partial charge >= 0.3 is 6.36 Å². The van der Waals surface area contributed by atoms with E-state index < -0.39 is 18.1 Å². The van der Waals surface area contributed by atoms with Gasteiger partial charge < -0.3 is 14.7 Å². The van der Waals surface area contributed by atoms with Crippen molar-refractivity contribution in [3.63, 3.8) is 0 Å². The molecule has 0 radical (unpaired) electrons. The van der Waals surface area contributed by atoms with Crippen molar-refractivity contribution in [2.45, 2.75) is 31.5 Å². The summed E-state index contributed by atoms with van der Waals surface area (Å²) in [6.45, 7) is 1.74. The van der Waals surface area contributed by atoms with Gasteiger partial charge in [-0.25, -0.2) is 13.9 Å². The average molecular weight is 410 g/mol. The highest BCUT2D eigenvalue weighted by atomic mass is 19.4. The highest BCUT2D eigenvalue weighted by Crippen LogP contribution is 2.35. The lowest BCUT2D eigenvalue weighted by Crippen LogP contribution is -2.39. The highest BCUT2D eigenvalue weighted by Gasteiger charge is 2.43. The van der Waals surface area contributed by atoms with Crippen LogP contribution in [0.25, 0.3) is 16.9 Å². The summed E-state index contributed by atoms with van der Waals surface area (Å²) < 4.78 is 58.5. The number of aliphatic hydroxyl groups is 1. The van der Waals surface area contributed by atoms with Crippen molar-refractivity contribution in [1.29, 1.82) is 0 Å². The Balaban J connectivity index is 1.73.